The van der Waals surface area contributed by atoms with Gasteiger partial charge in [0.05, 0.1) is 6.20 Å². The van der Waals surface area contributed by atoms with E-state index in [9.17, 15) is 0 Å². The largest absolute Gasteiger partial charge is 0.445 e. The molecule has 2 heterocycles. The fraction of sp³-hybridized carbons (Fsp3) is 0.438. The van der Waals surface area contributed by atoms with Crippen LogP contribution in [0.15, 0.2) is 40.9 Å². The second-order valence-corrected chi connectivity index (χ2v) is 5.40. The lowest BCUT2D eigenvalue weighted by Gasteiger charge is -2.27. The number of likely N-dealkylation sites (tertiary alicyclic amines) is 1. The summed E-state index contributed by atoms with van der Waals surface area (Å²) < 4.78 is 5.93. The Morgan fingerprint density at radius 1 is 1.21 bits per heavy atom. The molecule has 2 aromatic rings. The second-order valence-electron chi connectivity index (χ2n) is 5.40. The van der Waals surface area contributed by atoms with E-state index < -0.39 is 0 Å². The monoisotopic (exact) mass is 256 g/mol. The summed E-state index contributed by atoms with van der Waals surface area (Å²) in [6, 6.07) is 10.4. The molecule has 0 spiro atoms. The Kier molecular flexibility index (Phi) is 3.65. The van der Waals surface area contributed by atoms with Crippen molar-refractivity contribution < 1.29 is 4.42 Å². The molecule has 1 fully saturated rings. The highest BCUT2D eigenvalue weighted by atomic mass is 16.4. The predicted octanol–water partition coefficient (Wildman–Crippen LogP) is 3.07. The summed E-state index contributed by atoms with van der Waals surface area (Å²) in [5.74, 6) is 2.45. The Labute approximate surface area is 114 Å². The van der Waals surface area contributed by atoms with Gasteiger partial charge in [0.1, 0.15) is 5.76 Å². The lowest BCUT2D eigenvalue weighted by Crippen LogP contribution is -2.29. The molecule has 19 heavy (non-hydrogen) atoms. The van der Waals surface area contributed by atoms with Crippen LogP contribution in [-0.4, -0.2) is 30.0 Å². The molecule has 0 saturated carbocycles. The Morgan fingerprint density at radius 2 is 1.95 bits per heavy atom. The number of piperidine rings is 1. The van der Waals surface area contributed by atoms with Crippen molar-refractivity contribution in [2.75, 3.05) is 20.1 Å². The third-order valence-electron chi connectivity index (χ3n) is 3.89. The van der Waals surface area contributed by atoms with Crippen LogP contribution in [0.5, 0.6) is 0 Å². The van der Waals surface area contributed by atoms with Crippen LogP contribution < -0.4 is 0 Å². The van der Waals surface area contributed by atoms with Gasteiger partial charge in [-0.25, -0.2) is 4.98 Å². The maximum Gasteiger partial charge on any atom is 0.198 e. The average molecular weight is 256 g/mol. The van der Waals surface area contributed by atoms with Crippen molar-refractivity contribution in [3.63, 3.8) is 0 Å². The summed E-state index contributed by atoms with van der Waals surface area (Å²) in [4.78, 5) is 6.80. The minimum absolute atomic E-state index is 0.549. The summed E-state index contributed by atoms with van der Waals surface area (Å²) in [5, 5.41) is 0. The first kappa shape index (κ1) is 12.4. The van der Waals surface area contributed by atoms with Crippen molar-refractivity contribution in [1.29, 1.82) is 0 Å². The van der Waals surface area contributed by atoms with Gasteiger partial charge in [-0.15, -0.1) is 0 Å². The molecular formula is C16H20N2O. The van der Waals surface area contributed by atoms with Gasteiger partial charge in [-0.05, 0) is 38.5 Å². The van der Waals surface area contributed by atoms with Gasteiger partial charge in [-0.2, -0.15) is 0 Å². The van der Waals surface area contributed by atoms with E-state index in [-0.39, 0.29) is 0 Å². The molecule has 3 nitrogen and oxygen atoms in total. The fourth-order valence-corrected chi connectivity index (χ4v) is 2.66. The van der Waals surface area contributed by atoms with Crippen molar-refractivity contribution in [3.05, 3.63) is 53.7 Å². The lowest BCUT2D eigenvalue weighted by atomic mass is 9.95. The zero-order valence-corrected chi connectivity index (χ0v) is 11.4. The standard InChI is InChI=1S/C16H20N2O/c1-18-9-7-14(8-10-18)15-12-17-16(19-15)11-13-5-3-2-4-6-13/h2-6,12,14H,7-11H2,1H3. The number of oxazole rings is 1. The number of rotatable bonds is 3. The number of benzene rings is 1. The van der Waals surface area contributed by atoms with E-state index in [1.54, 1.807) is 0 Å². The first-order valence-electron chi connectivity index (χ1n) is 6.98. The molecule has 1 aliphatic rings. The molecule has 0 unspecified atom stereocenters. The Morgan fingerprint density at radius 3 is 2.68 bits per heavy atom. The number of aromatic nitrogens is 1. The van der Waals surface area contributed by atoms with Crippen LogP contribution in [0.4, 0.5) is 0 Å². The topological polar surface area (TPSA) is 29.3 Å². The van der Waals surface area contributed by atoms with E-state index in [1.807, 2.05) is 12.3 Å². The molecule has 0 bridgehead atoms. The first-order chi connectivity index (χ1) is 9.31. The molecule has 1 saturated heterocycles. The summed E-state index contributed by atoms with van der Waals surface area (Å²) in [6.07, 6.45) is 5.06. The van der Waals surface area contributed by atoms with Gasteiger partial charge in [-0.1, -0.05) is 30.3 Å². The van der Waals surface area contributed by atoms with Crippen LogP contribution in [0.2, 0.25) is 0 Å². The van der Waals surface area contributed by atoms with Gasteiger partial charge < -0.3 is 9.32 Å². The van der Waals surface area contributed by atoms with Crippen LogP contribution in [0.3, 0.4) is 0 Å². The third-order valence-corrected chi connectivity index (χ3v) is 3.89. The molecule has 0 radical (unpaired) electrons. The molecule has 3 heteroatoms. The van der Waals surface area contributed by atoms with Gasteiger partial charge in [0.2, 0.25) is 0 Å². The molecule has 0 N–H and O–H groups in total. The predicted molar refractivity (Wildman–Crippen MR) is 75.2 cm³/mol. The van der Waals surface area contributed by atoms with Crippen molar-refractivity contribution in [2.45, 2.75) is 25.2 Å². The van der Waals surface area contributed by atoms with Crippen LogP contribution in [0.25, 0.3) is 0 Å². The normalized spacial score (nSPS) is 17.7. The fourth-order valence-electron chi connectivity index (χ4n) is 2.66. The average Bonchev–Trinajstić information content (AvgIpc) is 2.89. The van der Waals surface area contributed by atoms with Crippen molar-refractivity contribution in [2.24, 2.45) is 0 Å². The van der Waals surface area contributed by atoms with Gasteiger partial charge in [0, 0.05) is 12.3 Å². The molecular weight excluding hydrogens is 236 g/mol. The van der Waals surface area contributed by atoms with Crippen LogP contribution >= 0.6 is 0 Å². The van der Waals surface area contributed by atoms with E-state index in [0.29, 0.717) is 5.92 Å². The summed E-state index contributed by atoms with van der Waals surface area (Å²) in [5.41, 5.74) is 1.25. The SMILES string of the molecule is CN1CCC(c2cnc(Cc3ccccc3)o2)CC1. The Hall–Kier alpha value is -1.61. The summed E-state index contributed by atoms with van der Waals surface area (Å²) in [6.45, 7) is 2.30. The highest BCUT2D eigenvalue weighted by molar-refractivity contribution is 5.18. The molecule has 0 aliphatic carbocycles. The van der Waals surface area contributed by atoms with Crippen molar-refractivity contribution in [3.8, 4) is 0 Å². The second kappa shape index (κ2) is 5.57. The first-order valence-corrected chi connectivity index (χ1v) is 6.98. The van der Waals surface area contributed by atoms with Gasteiger partial charge >= 0.3 is 0 Å². The van der Waals surface area contributed by atoms with E-state index in [1.165, 1.54) is 18.4 Å². The molecule has 3 rings (SSSR count). The molecule has 1 aliphatic heterocycles. The maximum atomic E-state index is 5.93. The van der Waals surface area contributed by atoms with Crippen molar-refractivity contribution in [1.82, 2.24) is 9.88 Å². The Balaban J connectivity index is 1.66. The van der Waals surface area contributed by atoms with Gasteiger partial charge in [-0.3, -0.25) is 0 Å². The molecule has 0 amide bonds. The molecule has 1 aromatic heterocycles. The minimum atomic E-state index is 0.549. The zero-order chi connectivity index (χ0) is 13.1. The highest BCUT2D eigenvalue weighted by Crippen LogP contribution is 2.28. The summed E-state index contributed by atoms with van der Waals surface area (Å²) in [7, 11) is 2.18. The number of hydrogen-bond donors (Lipinski definition) is 0. The smallest absolute Gasteiger partial charge is 0.198 e. The van der Waals surface area contributed by atoms with Gasteiger partial charge in [0.25, 0.3) is 0 Å². The van der Waals surface area contributed by atoms with Gasteiger partial charge in [0.15, 0.2) is 5.89 Å². The van der Waals surface area contributed by atoms with Crippen LogP contribution in [0.1, 0.15) is 36.0 Å². The lowest BCUT2D eigenvalue weighted by molar-refractivity contribution is 0.239. The molecule has 100 valence electrons. The maximum absolute atomic E-state index is 5.93. The quantitative estimate of drug-likeness (QED) is 0.845. The van der Waals surface area contributed by atoms with Crippen LogP contribution in [0, 0.1) is 0 Å². The van der Waals surface area contributed by atoms with Crippen LogP contribution in [-0.2, 0) is 6.42 Å². The van der Waals surface area contributed by atoms with Crippen molar-refractivity contribution >= 4 is 0 Å². The molecule has 0 atom stereocenters. The minimum Gasteiger partial charge on any atom is -0.445 e. The highest BCUT2D eigenvalue weighted by Gasteiger charge is 2.21. The Bertz CT molecular complexity index is 513. The number of nitrogens with zero attached hydrogens (tertiary/aromatic N) is 2. The molecule has 1 aromatic carbocycles. The number of hydrogen-bond acceptors (Lipinski definition) is 3. The van der Waals surface area contributed by atoms with E-state index in [2.05, 4.69) is 41.2 Å². The van der Waals surface area contributed by atoms with E-state index in [0.717, 1.165) is 31.2 Å². The van der Waals surface area contributed by atoms with E-state index >= 15 is 0 Å². The van der Waals surface area contributed by atoms with E-state index in [4.69, 9.17) is 4.42 Å². The zero-order valence-electron chi connectivity index (χ0n) is 11.4. The third kappa shape index (κ3) is 3.04. The summed E-state index contributed by atoms with van der Waals surface area (Å²) >= 11 is 0.